The Morgan fingerprint density at radius 2 is 1.75 bits per heavy atom. The van der Waals surface area contributed by atoms with Crippen molar-refractivity contribution in [2.24, 2.45) is 0 Å². The van der Waals surface area contributed by atoms with E-state index in [0.717, 1.165) is 43.6 Å². The van der Waals surface area contributed by atoms with Crippen LogP contribution in [0, 0.1) is 0 Å². The smallest absolute Gasteiger partial charge is 0.265 e. The van der Waals surface area contributed by atoms with Gasteiger partial charge in [-0.05, 0) is 61.2 Å². The molecular formula is C21H28N2O4S. The third-order valence-corrected chi connectivity index (χ3v) is 6.59. The van der Waals surface area contributed by atoms with Gasteiger partial charge in [-0.2, -0.15) is 0 Å². The van der Waals surface area contributed by atoms with Crippen LogP contribution in [0.5, 0.6) is 5.75 Å². The maximum absolute atomic E-state index is 12.9. The van der Waals surface area contributed by atoms with Crippen LogP contribution in [0.4, 0.5) is 11.4 Å². The predicted octanol–water partition coefficient (Wildman–Crippen LogP) is 3.67. The van der Waals surface area contributed by atoms with Crippen molar-refractivity contribution in [3.63, 3.8) is 0 Å². The van der Waals surface area contributed by atoms with Crippen molar-refractivity contribution in [1.82, 2.24) is 0 Å². The first kappa shape index (κ1) is 20.5. The lowest BCUT2D eigenvalue weighted by Gasteiger charge is -2.33. The first-order chi connectivity index (χ1) is 13.5. The quantitative estimate of drug-likeness (QED) is 0.763. The first-order valence-corrected chi connectivity index (χ1v) is 11.0. The molecule has 1 aliphatic rings. The highest BCUT2D eigenvalue weighted by atomic mass is 32.2. The zero-order valence-electron chi connectivity index (χ0n) is 16.6. The molecule has 1 saturated heterocycles. The number of ether oxygens (including phenoxy) is 2. The Kier molecular flexibility index (Phi) is 6.46. The number of aryl methyl sites for hydroxylation is 1. The van der Waals surface area contributed by atoms with Crippen LogP contribution < -0.4 is 14.4 Å². The fourth-order valence-corrected chi connectivity index (χ4v) is 4.73. The summed E-state index contributed by atoms with van der Waals surface area (Å²) < 4.78 is 39.1. The molecule has 7 heteroatoms. The van der Waals surface area contributed by atoms with E-state index in [-0.39, 0.29) is 4.90 Å². The Bertz CT molecular complexity index is 889. The van der Waals surface area contributed by atoms with E-state index in [1.54, 1.807) is 31.4 Å². The average molecular weight is 405 g/mol. The molecule has 0 aromatic heterocycles. The molecule has 1 heterocycles. The van der Waals surface area contributed by atoms with Crippen molar-refractivity contribution in [2.75, 3.05) is 36.9 Å². The van der Waals surface area contributed by atoms with Crippen molar-refractivity contribution in [1.29, 1.82) is 0 Å². The lowest BCUT2D eigenvalue weighted by molar-refractivity contribution is 0.0819. The molecule has 0 spiro atoms. The summed E-state index contributed by atoms with van der Waals surface area (Å²) in [6, 6.07) is 12.7. The molecule has 152 valence electrons. The molecule has 1 aliphatic heterocycles. The Balaban J connectivity index is 1.75. The molecule has 0 bridgehead atoms. The van der Waals surface area contributed by atoms with Gasteiger partial charge in [0.2, 0.25) is 0 Å². The summed E-state index contributed by atoms with van der Waals surface area (Å²) in [6.45, 7) is 3.86. The second kappa shape index (κ2) is 8.84. The van der Waals surface area contributed by atoms with Gasteiger partial charge in [-0.1, -0.05) is 13.0 Å². The molecule has 3 rings (SSSR count). The monoisotopic (exact) mass is 404 g/mol. The molecule has 0 radical (unpaired) electrons. The van der Waals surface area contributed by atoms with Crippen LogP contribution in [0.25, 0.3) is 0 Å². The van der Waals surface area contributed by atoms with Crippen LogP contribution in [-0.4, -0.2) is 41.8 Å². The highest BCUT2D eigenvalue weighted by Crippen LogP contribution is 2.28. The van der Waals surface area contributed by atoms with E-state index in [2.05, 4.69) is 9.62 Å². The zero-order valence-corrected chi connectivity index (χ0v) is 17.5. The van der Waals surface area contributed by atoms with Gasteiger partial charge >= 0.3 is 0 Å². The van der Waals surface area contributed by atoms with Gasteiger partial charge in [0, 0.05) is 31.6 Å². The van der Waals surface area contributed by atoms with Gasteiger partial charge in [0.1, 0.15) is 10.6 Å². The van der Waals surface area contributed by atoms with Crippen LogP contribution in [-0.2, 0) is 21.2 Å². The Hall–Kier alpha value is -2.25. The van der Waals surface area contributed by atoms with Crippen LogP contribution in [0.1, 0.15) is 25.3 Å². The highest BCUT2D eigenvalue weighted by molar-refractivity contribution is 7.92. The summed E-state index contributed by atoms with van der Waals surface area (Å²) in [5, 5.41) is 0. The maximum Gasteiger partial charge on any atom is 0.265 e. The van der Waals surface area contributed by atoms with E-state index in [1.807, 2.05) is 25.1 Å². The fraction of sp³-hybridized carbons (Fsp3) is 0.429. The molecule has 0 unspecified atom stereocenters. The lowest BCUT2D eigenvalue weighted by atomic mass is 10.1. The molecular weight excluding hydrogens is 376 g/mol. The van der Waals surface area contributed by atoms with E-state index >= 15 is 0 Å². The van der Waals surface area contributed by atoms with Gasteiger partial charge < -0.3 is 14.4 Å². The third-order valence-electron chi connectivity index (χ3n) is 5.19. The van der Waals surface area contributed by atoms with E-state index in [4.69, 9.17) is 9.47 Å². The number of methoxy groups -OCH3 is 2. The van der Waals surface area contributed by atoms with Crippen LogP contribution in [0.2, 0.25) is 0 Å². The molecule has 0 atom stereocenters. The summed E-state index contributed by atoms with van der Waals surface area (Å²) in [7, 11) is -0.512. The van der Waals surface area contributed by atoms with Gasteiger partial charge in [0.05, 0.1) is 13.2 Å². The summed E-state index contributed by atoms with van der Waals surface area (Å²) in [5.74, 6) is 0.335. The topological polar surface area (TPSA) is 67.9 Å². The predicted molar refractivity (Wildman–Crippen MR) is 112 cm³/mol. The molecule has 0 saturated carbocycles. The molecule has 0 aliphatic carbocycles. The number of rotatable bonds is 7. The molecule has 2 aromatic rings. The van der Waals surface area contributed by atoms with Gasteiger partial charge in [0.25, 0.3) is 10.0 Å². The number of sulfonamides is 1. The molecule has 0 amide bonds. The Morgan fingerprint density at radius 1 is 1.07 bits per heavy atom. The number of nitrogens with one attached hydrogen (secondary N) is 1. The van der Waals surface area contributed by atoms with E-state index < -0.39 is 10.0 Å². The van der Waals surface area contributed by atoms with E-state index in [9.17, 15) is 8.42 Å². The van der Waals surface area contributed by atoms with Crippen LogP contribution in [0.3, 0.4) is 0 Å². The number of anilines is 2. The Labute approximate surface area is 167 Å². The first-order valence-electron chi connectivity index (χ1n) is 9.54. The van der Waals surface area contributed by atoms with Crippen LogP contribution >= 0.6 is 0 Å². The standard InChI is InChI=1S/C21H28N2O4S/c1-4-16-5-10-20(27-3)21(15-16)28(24,25)22-17-6-8-18(9-7-17)23-13-11-19(26-2)12-14-23/h5-10,15,19,22H,4,11-14H2,1-3H3. The molecule has 2 aromatic carbocycles. The third kappa shape index (κ3) is 4.59. The summed E-state index contributed by atoms with van der Waals surface area (Å²) in [6.07, 6.45) is 3.08. The summed E-state index contributed by atoms with van der Waals surface area (Å²) in [4.78, 5) is 2.45. The minimum absolute atomic E-state index is 0.153. The van der Waals surface area contributed by atoms with Crippen molar-refractivity contribution in [3.8, 4) is 5.75 Å². The maximum atomic E-state index is 12.9. The van der Waals surface area contributed by atoms with Gasteiger partial charge in [-0.25, -0.2) is 8.42 Å². The minimum Gasteiger partial charge on any atom is -0.495 e. The molecule has 1 fully saturated rings. The van der Waals surface area contributed by atoms with E-state index in [1.165, 1.54) is 7.11 Å². The number of piperidine rings is 1. The fourth-order valence-electron chi connectivity index (χ4n) is 3.45. The number of benzene rings is 2. The van der Waals surface area contributed by atoms with Crippen molar-refractivity contribution >= 4 is 21.4 Å². The average Bonchev–Trinajstić information content (AvgIpc) is 2.73. The second-order valence-electron chi connectivity index (χ2n) is 6.91. The normalized spacial score (nSPS) is 15.5. The van der Waals surface area contributed by atoms with Gasteiger partial charge in [-0.3, -0.25) is 4.72 Å². The SMILES string of the molecule is CCc1ccc(OC)c(S(=O)(=O)Nc2ccc(N3CCC(OC)CC3)cc2)c1. The summed E-state index contributed by atoms with van der Waals surface area (Å²) >= 11 is 0. The minimum atomic E-state index is -3.74. The number of nitrogens with zero attached hydrogens (tertiary/aromatic N) is 1. The van der Waals surface area contributed by atoms with Crippen molar-refractivity contribution in [3.05, 3.63) is 48.0 Å². The second-order valence-corrected chi connectivity index (χ2v) is 8.56. The lowest BCUT2D eigenvalue weighted by Crippen LogP contribution is -2.36. The van der Waals surface area contributed by atoms with Crippen molar-refractivity contribution in [2.45, 2.75) is 37.2 Å². The van der Waals surface area contributed by atoms with Crippen LogP contribution in [0.15, 0.2) is 47.4 Å². The van der Waals surface area contributed by atoms with Gasteiger partial charge in [0.15, 0.2) is 0 Å². The number of hydrogen-bond acceptors (Lipinski definition) is 5. The molecule has 28 heavy (non-hydrogen) atoms. The highest BCUT2D eigenvalue weighted by Gasteiger charge is 2.21. The molecule has 6 nitrogen and oxygen atoms in total. The Morgan fingerprint density at radius 3 is 2.32 bits per heavy atom. The molecule has 1 N–H and O–H groups in total. The van der Waals surface area contributed by atoms with E-state index in [0.29, 0.717) is 17.5 Å². The summed E-state index contributed by atoms with van der Waals surface area (Å²) in [5.41, 5.74) is 2.55. The van der Waals surface area contributed by atoms with Gasteiger partial charge in [-0.15, -0.1) is 0 Å². The zero-order chi connectivity index (χ0) is 20.1. The van der Waals surface area contributed by atoms with Crippen molar-refractivity contribution < 1.29 is 17.9 Å². The largest absolute Gasteiger partial charge is 0.495 e. The number of hydrogen-bond donors (Lipinski definition) is 1.